The number of anilines is 2. The zero-order valence-electron chi connectivity index (χ0n) is 15.2. The summed E-state index contributed by atoms with van der Waals surface area (Å²) < 4.78 is 0. The third kappa shape index (κ3) is 3.63. The molecule has 138 valence electrons. The minimum Gasteiger partial charge on any atom is -0.349 e. The topological polar surface area (TPSA) is 111 Å². The highest BCUT2D eigenvalue weighted by Crippen LogP contribution is 2.24. The van der Waals surface area contributed by atoms with Crippen molar-refractivity contribution in [2.24, 2.45) is 4.99 Å². The molecule has 4 rings (SSSR count). The normalized spacial score (nSPS) is 12.6. The number of hydrogen-bond donors (Lipinski definition) is 3. The molecule has 0 saturated heterocycles. The minimum absolute atomic E-state index is 0.173. The van der Waals surface area contributed by atoms with Crippen LogP contribution in [0.25, 0.3) is 11.0 Å². The SMILES string of the molecule is CN(C)CCNC(=O)c1cc2c(Nc3cc4c(cn3)CN=C4)ncnc2[nH]1. The van der Waals surface area contributed by atoms with Gasteiger partial charge in [-0.25, -0.2) is 15.0 Å². The molecule has 0 aromatic carbocycles. The second-order valence-corrected chi connectivity index (χ2v) is 6.59. The maximum atomic E-state index is 12.3. The van der Waals surface area contributed by atoms with Crippen LogP contribution in [0.15, 0.2) is 29.6 Å². The van der Waals surface area contributed by atoms with Crippen LogP contribution < -0.4 is 10.6 Å². The fourth-order valence-corrected chi connectivity index (χ4v) is 2.83. The number of aliphatic imine (C=N–C) groups is 1. The highest BCUT2D eigenvalue weighted by molar-refractivity contribution is 6.00. The summed E-state index contributed by atoms with van der Waals surface area (Å²) in [6.07, 6.45) is 5.09. The molecule has 0 bridgehead atoms. The van der Waals surface area contributed by atoms with Crippen molar-refractivity contribution >= 4 is 34.8 Å². The number of amides is 1. The van der Waals surface area contributed by atoms with E-state index in [9.17, 15) is 4.79 Å². The first-order valence-electron chi connectivity index (χ1n) is 8.62. The van der Waals surface area contributed by atoms with Gasteiger partial charge in [-0.05, 0) is 26.2 Å². The van der Waals surface area contributed by atoms with Gasteiger partial charge in [0.15, 0.2) is 0 Å². The quantitative estimate of drug-likeness (QED) is 0.608. The summed E-state index contributed by atoms with van der Waals surface area (Å²) in [5.41, 5.74) is 3.19. The molecular formula is C18H20N8O. The number of H-pyrrole nitrogens is 1. The van der Waals surface area contributed by atoms with E-state index in [1.165, 1.54) is 6.33 Å². The third-order valence-electron chi connectivity index (χ3n) is 4.28. The maximum absolute atomic E-state index is 12.3. The van der Waals surface area contributed by atoms with Gasteiger partial charge in [0.05, 0.1) is 11.9 Å². The molecule has 1 amide bonds. The summed E-state index contributed by atoms with van der Waals surface area (Å²) in [6.45, 7) is 2.01. The molecule has 9 heteroatoms. The number of rotatable bonds is 6. The van der Waals surface area contributed by atoms with E-state index in [0.717, 1.165) is 23.1 Å². The van der Waals surface area contributed by atoms with Gasteiger partial charge in [0.2, 0.25) is 0 Å². The number of aromatic amines is 1. The lowest BCUT2D eigenvalue weighted by Crippen LogP contribution is -2.31. The molecule has 1 aliphatic rings. The summed E-state index contributed by atoms with van der Waals surface area (Å²) in [5.74, 6) is 1.08. The fourth-order valence-electron chi connectivity index (χ4n) is 2.83. The van der Waals surface area contributed by atoms with Gasteiger partial charge in [-0.1, -0.05) is 0 Å². The first-order chi connectivity index (χ1) is 13.1. The average Bonchev–Trinajstić information content (AvgIpc) is 3.28. The monoisotopic (exact) mass is 364 g/mol. The number of nitrogens with zero attached hydrogens (tertiary/aromatic N) is 5. The third-order valence-corrected chi connectivity index (χ3v) is 4.28. The van der Waals surface area contributed by atoms with Gasteiger partial charge < -0.3 is 20.5 Å². The molecule has 1 aliphatic heterocycles. The lowest BCUT2D eigenvalue weighted by atomic mass is 10.2. The van der Waals surface area contributed by atoms with Crippen molar-refractivity contribution in [2.75, 3.05) is 32.5 Å². The molecule has 3 N–H and O–H groups in total. The van der Waals surface area contributed by atoms with E-state index in [4.69, 9.17) is 0 Å². The lowest BCUT2D eigenvalue weighted by Gasteiger charge is -2.09. The summed E-state index contributed by atoms with van der Waals surface area (Å²) in [6, 6.07) is 3.68. The van der Waals surface area contributed by atoms with Gasteiger partial charge >= 0.3 is 0 Å². The second kappa shape index (κ2) is 7.12. The lowest BCUT2D eigenvalue weighted by molar-refractivity contribution is 0.0947. The number of pyridine rings is 1. The van der Waals surface area contributed by atoms with Gasteiger partial charge in [-0.15, -0.1) is 0 Å². The summed E-state index contributed by atoms with van der Waals surface area (Å²) in [5, 5.41) is 6.81. The number of hydrogen-bond acceptors (Lipinski definition) is 7. The van der Waals surface area contributed by atoms with E-state index >= 15 is 0 Å². The summed E-state index contributed by atoms with van der Waals surface area (Å²) in [7, 11) is 3.92. The Morgan fingerprint density at radius 3 is 3.00 bits per heavy atom. The van der Waals surface area contributed by atoms with Gasteiger partial charge in [-0.2, -0.15) is 0 Å². The molecule has 0 spiro atoms. The van der Waals surface area contributed by atoms with Gasteiger partial charge in [0.25, 0.3) is 5.91 Å². The Labute approximate surface area is 156 Å². The summed E-state index contributed by atoms with van der Waals surface area (Å²) in [4.78, 5) is 34.5. The first-order valence-corrected chi connectivity index (χ1v) is 8.62. The van der Waals surface area contributed by atoms with Crippen LogP contribution in [0.4, 0.5) is 11.6 Å². The van der Waals surface area contributed by atoms with Crippen molar-refractivity contribution in [1.82, 2.24) is 30.2 Å². The zero-order valence-corrected chi connectivity index (χ0v) is 15.2. The minimum atomic E-state index is -0.173. The molecular weight excluding hydrogens is 344 g/mol. The number of aromatic nitrogens is 4. The van der Waals surface area contributed by atoms with E-state index < -0.39 is 0 Å². The predicted molar refractivity (Wildman–Crippen MR) is 104 cm³/mol. The number of likely N-dealkylation sites (N-methyl/N-ethyl adjacent to an activating group) is 1. The molecule has 4 heterocycles. The van der Waals surface area contributed by atoms with E-state index in [0.29, 0.717) is 36.1 Å². The van der Waals surface area contributed by atoms with Crippen molar-refractivity contribution in [2.45, 2.75) is 6.54 Å². The molecule has 0 unspecified atom stereocenters. The molecule has 3 aromatic rings. The fraction of sp³-hybridized carbons (Fsp3) is 0.278. The van der Waals surface area contributed by atoms with Crippen molar-refractivity contribution < 1.29 is 4.79 Å². The Hall–Kier alpha value is -3.33. The Morgan fingerprint density at radius 1 is 1.26 bits per heavy atom. The van der Waals surface area contributed by atoms with Crippen molar-refractivity contribution in [3.05, 3.63) is 41.5 Å². The standard InChI is InChI=1S/C18H20N8O/c1-26(2)4-3-20-18(27)14-6-13-16(24-14)22-10-23-17(13)25-15-5-11-7-19-8-12(11)9-21-15/h5-7,9-10H,3-4,8H2,1-2H3,(H,20,27)(H2,21,22,23,24,25). The van der Waals surface area contributed by atoms with Crippen LogP contribution in [-0.4, -0.2) is 64.1 Å². The Morgan fingerprint density at radius 2 is 2.15 bits per heavy atom. The Bertz CT molecular complexity index is 1020. The highest BCUT2D eigenvalue weighted by atomic mass is 16.1. The van der Waals surface area contributed by atoms with Crippen LogP contribution in [-0.2, 0) is 6.54 Å². The molecule has 0 atom stereocenters. The number of carbonyl (C=O) groups is 1. The van der Waals surface area contributed by atoms with Gasteiger partial charge in [-0.3, -0.25) is 9.79 Å². The number of carbonyl (C=O) groups excluding carboxylic acids is 1. The van der Waals surface area contributed by atoms with E-state index in [2.05, 4.69) is 35.6 Å². The van der Waals surface area contributed by atoms with Gasteiger partial charge in [0.1, 0.15) is 29.3 Å². The van der Waals surface area contributed by atoms with Crippen molar-refractivity contribution in [3.8, 4) is 0 Å². The highest BCUT2D eigenvalue weighted by Gasteiger charge is 2.14. The average molecular weight is 364 g/mol. The molecule has 3 aromatic heterocycles. The van der Waals surface area contributed by atoms with Gasteiger partial charge in [0, 0.05) is 36.6 Å². The first kappa shape index (κ1) is 17.1. The zero-order chi connectivity index (χ0) is 18.8. The summed E-state index contributed by atoms with van der Waals surface area (Å²) >= 11 is 0. The van der Waals surface area contributed by atoms with Crippen molar-refractivity contribution in [1.29, 1.82) is 0 Å². The molecule has 27 heavy (non-hydrogen) atoms. The molecule has 9 nitrogen and oxygen atoms in total. The maximum Gasteiger partial charge on any atom is 0.267 e. The molecule has 0 saturated carbocycles. The molecule has 0 fully saturated rings. The van der Waals surface area contributed by atoms with E-state index in [-0.39, 0.29) is 5.91 Å². The predicted octanol–water partition coefficient (Wildman–Crippen LogP) is 1.32. The Kier molecular flexibility index (Phi) is 4.51. The number of nitrogens with one attached hydrogen (secondary N) is 3. The van der Waals surface area contributed by atoms with Crippen LogP contribution in [0.2, 0.25) is 0 Å². The largest absolute Gasteiger partial charge is 0.349 e. The smallest absolute Gasteiger partial charge is 0.267 e. The van der Waals surface area contributed by atoms with Crippen molar-refractivity contribution in [3.63, 3.8) is 0 Å². The van der Waals surface area contributed by atoms with Crippen LogP contribution in [0.1, 0.15) is 21.6 Å². The van der Waals surface area contributed by atoms with Crippen LogP contribution in [0.5, 0.6) is 0 Å². The number of fused-ring (bicyclic) bond motifs is 2. The van der Waals surface area contributed by atoms with E-state index in [1.54, 1.807) is 6.07 Å². The van der Waals surface area contributed by atoms with Crippen LogP contribution >= 0.6 is 0 Å². The van der Waals surface area contributed by atoms with Crippen LogP contribution in [0.3, 0.4) is 0 Å². The van der Waals surface area contributed by atoms with E-state index in [1.807, 2.05) is 37.5 Å². The second-order valence-electron chi connectivity index (χ2n) is 6.59. The molecule has 0 aliphatic carbocycles. The molecule has 0 radical (unpaired) electrons. The Balaban J connectivity index is 1.56. The van der Waals surface area contributed by atoms with Crippen LogP contribution in [0, 0.1) is 0 Å².